The number of hydrogen-bond acceptors (Lipinski definition) is 4. The second-order valence-electron chi connectivity index (χ2n) is 5.43. The van der Waals surface area contributed by atoms with Gasteiger partial charge in [-0.05, 0) is 42.0 Å². The summed E-state index contributed by atoms with van der Waals surface area (Å²) < 4.78 is 0.484. The lowest BCUT2D eigenvalue weighted by molar-refractivity contribution is 0.102. The van der Waals surface area contributed by atoms with E-state index in [1.807, 2.05) is 47.8 Å². The number of carbonyl (C=O) groups is 2. The molecule has 0 saturated carbocycles. The Balaban J connectivity index is 1.60. The molecule has 0 spiro atoms. The van der Waals surface area contributed by atoms with E-state index in [2.05, 4.69) is 16.0 Å². The molecule has 5 nitrogen and oxygen atoms in total. The number of benzene rings is 2. The quantitative estimate of drug-likeness (QED) is 0.752. The summed E-state index contributed by atoms with van der Waals surface area (Å²) in [5, 5.41) is 8.02. The number of anilines is 2. The molecule has 0 aromatic heterocycles. The standard InChI is InChI=1S/C18H19N3O2S2/c1-19-18(23)21-15-8-6-14(7-9-15)20-16(22)12-2-4-13(5-3-12)17-24-10-11-25-17/h2-9,17H,10-11H2,1H3,(H,20,22)(H2,19,21,23). The van der Waals surface area contributed by atoms with E-state index >= 15 is 0 Å². The van der Waals surface area contributed by atoms with Gasteiger partial charge in [0.2, 0.25) is 0 Å². The third-order valence-electron chi connectivity index (χ3n) is 3.69. The Morgan fingerprint density at radius 2 is 1.44 bits per heavy atom. The van der Waals surface area contributed by atoms with Gasteiger partial charge < -0.3 is 16.0 Å². The van der Waals surface area contributed by atoms with Crippen molar-refractivity contribution in [2.45, 2.75) is 4.58 Å². The summed E-state index contributed by atoms with van der Waals surface area (Å²) in [6.07, 6.45) is 0. The highest BCUT2D eigenvalue weighted by atomic mass is 32.2. The molecular formula is C18H19N3O2S2. The Labute approximate surface area is 155 Å². The van der Waals surface area contributed by atoms with E-state index in [0.29, 0.717) is 21.5 Å². The van der Waals surface area contributed by atoms with Gasteiger partial charge >= 0.3 is 6.03 Å². The molecule has 130 valence electrons. The molecular weight excluding hydrogens is 354 g/mol. The second-order valence-corrected chi connectivity index (χ2v) is 8.16. The molecule has 0 radical (unpaired) electrons. The number of hydrogen-bond donors (Lipinski definition) is 3. The van der Waals surface area contributed by atoms with E-state index in [0.717, 1.165) is 0 Å². The molecule has 2 aromatic carbocycles. The maximum atomic E-state index is 12.4. The molecule has 1 heterocycles. The van der Waals surface area contributed by atoms with Crippen LogP contribution in [0, 0.1) is 0 Å². The van der Waals surface area contributed by atoms with Crippen LogP contribution in [0.3, 0.4) is 0 Å². The normalized spacial score (nSPS) is 14.1. The molecule has 1 aliphatic heterocycles. The third kappa shape index (κ3) is 4.70. The average molecular weight is 374 g/mol. The van der Waals surface area contributed by atoms with Crippen molar-refractivity contribution in [2.75, 3.05) is 29.2 Å². The molecule has 25 heavy (non-hydrogen) atoms. The molecule has 7 heteroatoms. The molecule has 3 rings (SSSR count). The number of amides is 3. The summed E-state index contributed by atoms with van der Waals surface area (Å²) in [6.45, 7) is 0. The van der Waals surface area contributed by atoms with Crippen molar-refractivity contribution in [3.63, 3.8) is 0 Å². The predicted octanol–water partition coefficient (Wildman–Crippen LogP) is 4.17. The predicted molar refractivity (Wildman–Crippen MR) is 107 cm³/mol. The highest BCUT2D eigenvalue weighted by Crippen LogP contribution is 2.45. The Morgan fingerprint density at radius 3 is 2.00 bits per heavy atom. The van der Waals surface area contributed by atoms with E-state index < -0.39 is 0 Å². The fourth-order valence-electron chi connectivity index (χ4n) is 2.38. The first kappa shape index (κ1) is 17.7. The average Bonchev–Trinajstić information content (AvgIpc) is 3.18. The zero-order valence-corrected chi connectivity index (χ0v) is 15.4. The van der Waals surface area contributed by atoms with Crippen molar-refractivity contribution < 1.29 is 9.59 Å². The Morgan fingerprint density at radius 1 is 0.880 bits per heavy atom. The van der Waals surface area contributed by atoms with E-state index in [-0.39, 0.29) is 11.9 Å². The summed E-state index contributed by atoms with van der Waals surface area (Å²) in [5.74, 6) is 2.22. The van der Waals surface area contributed by atoms with Gasteiger partial charge in [0.1, 0.15) is 0 Å². The van der Waals surface area contributed by atoms with Crippen LogP contribution in [0.1, 0.15) is 20.5 Å². The van der Waals surface area contributed by atoms with Crippen molar-refractivity contribution in [2.24, 2.45) is 0 Å². The van der Waals surface area contributed by atoms with E-state index in [9.17, 15) is 9.59 Å². The van der Waals surface area contributed by atoms with Gasteiger partial charge in [0.15, 0.2) is 0 Å². The van der Waals surface area contributed by atoms with Gasteiger partial charge in [-0.25, -0.2) is 4.79 Å². The Bertz CT molecular complexity index is 742. The number of carbonyl (C=O) groups excluding carboxylic acids is 2. The first-order chi connectivity index (χ1) is 12.2. The smallest absolute Gasteiger partial charge is 0.318 e. The molecule has 3 N–H and O–H groups in total. The fourth-order valence-corrected chi connectivity index (χ4v) is 5.24. The molecule has 1 saturated heterocycles. The minimum atomic E-state index is -0.282. The van der Waals surface area contributed by atoms with E-state index in [1.165, 1.54) is 17.1 Å². The van der Waals surface area contributed by atoms with Crippen LogP contribution in [0.2, 0.25) is 0 Å². The fraction of sp³-hybridized carbons (Fsp3) is 0.222. The largest absolute Gasteiger partial charge is 0.341 e. The third-order valence-corrected chi connectivity index (χ3v) is 6.80. The summed E-state index contributed by atoms with van der Waals surface area (Å²) in [4.78, 5) is 23.6. The van der Waals surface area contributed by atoms with Crippen molar-refractivity contribution in [3.8, 4) is 0 Å². The topological polar surface area (TPSA) is 70.2 Å². The van der Waals surface area contributed by atoms with Crippen LogP contribution < -0.4 is 16.0 Å². The van der Waals surface area contributed by atoms with Crippen LogP contribution in [-0.2, 0) is 0 Å². The maximum absolute atomic E-state index is 12.4. The molecule has 0 atom stereocenters. The monoisotopic (exact) mass is 373 g/mol. The number of urea groups is 1. The molecule has 2 aromatic rings. The second kappa shape index (κ2) is 8.31. The van der Waals surface area contributed by atoms with Crippen LogP contribution >= 0.6 is 23.5 Å². The first-order valence-electron chi connectivity index (χ1n) is 7.89. The van der Waals surface area contributed by atoms with Gasteiger partial charge in [-0.1, -0.05) is 12.1 Å². The van der Waals surface area contributed by atoms with Crippen LogP contribution in [0.25, 0.3) is 0 Å². The van der Waals surface area contributed by atoms with Crippen molar-refractivity contribution in [1.29, 1.82) is 0 Å². The molecule has 1 fully saturated rings. The highest BCUT2D eigenvalue weighted by molar-refractivity contribution is 8.19. The van der Waals surface area contributed by atoms with Crippen molar-refractivity contribution in [3.05, 3.63) is 59.7 Å². The lowest BCUT2D eigenvalue weighted by atomic mass is 10.1. The zero-order valence-electron chi connectivity index (χ0n) is 13.7. The van der Waals surface area contributed by atoms with Gasteiger partial charge in [-0.15, -0.1) is 23.5 Å². The minimum Gasteiger partial charge on any atom is -0.341 e. The van der Waals surface area contributed by atoms with Crippen LogP contribution in [0.4, 0.5) is 16.2 Å². The Kier molecular flexibility index (Phi) is 5.88. The van der Waals surface area contributed by atoms with Gasteiger partial charge in [0.05, 0.1) is 4.58 Å². The Hall–Kier alpha value is -2.12. The van der Waals surface area contributed by atoms with E-state index in [4.69, 9.17) is 0 Å². The summed E-state index contributed by atoms with van der Waals surface area (Å²) >= 11 is 3.89. The summed E-state index contributed by atoms with van der Waals surface area (Å²) in [5.41, 5.74) is 3.23. The van der Waals surface area contributed by atoms with E-state index in [1.54, 1.807) is 31.3 Å². The number of thioether (sulfide) groups is 2. The SMILES string of the molecule is CNC(=O)Nc1ccc(NC(=O)c2ccc(C3SCCS3)cc2)cc1. The molecule has 1 aliphatic rings. The number of rotatable bonds is 4. The van der Waals surface area contributed by atoms with Crippen LogP contribution in [0.15, 0.2) is 48.5 Å². The van der Waals surface area contributed by atoms with Gasteiger partial charge in [0, 0.05) is 35.5 Å². The lowest BCUT2D eigenvalue weighted by Crippen LogP contribution is -2.24. The van der Waals surface area contributed by atoms with Crippen LogP contribution in [-0.4, -0.2) is 30.5 Å². The molecule has 0 unspecified atom stereocenters. The van der Waals surface area contributed by atoms with Crippen molar-refractivity contribution >= 4 is 46.8 Å². The lowest BCUT2D eigenvalue weighted by Gasteiger charge is -2.10. The molecule has 0 bridgehead atoms. The number of nitrogens with one attached hydrogen (secondary N) is 3. The molecule has 0 aliphatic carbocycles. The van der Waals surface area contributed by atoms with Crippen molar-refractivity contribution in [1.82, 2.24) is 5.32 Å². The maximum Gasteiger partial charge on any atom is 0.318 e. The highest BCUT2D eigenvalue weighted by Gasteiger charge is 2.18. The van der Waals surface area contributed by atoms with Crippen LogP contribution in [0.5, 0.6) is 0 Å². The van der Waals surface area contributed by atoms with Gasteiger partial charge in [-0.3, -0.25) is 4.79 Å². The first-order valence-corrected chi connectivity index (χ1v) is 9.99. The minimum absolute atomic E-state index is 0.148. The molecule has 3 amide bonds. The van der Waals surface area contributed by atoms with Gasteiger partial charge in [0.25, 0.3) is 5.91 Å². The van der Waals surface area contributed by atoms with Gasteiger partial charge in [-0.2, -0.15) is 0 Å². The summed E-state index contributed by atoms with van der Waals surface area (Å²) in [7, 11) is 1.55. The summed E-state index contributed by atoms with van der Waals surface area (Å²) in [6, 6.07) is 14.5. The zero-order chi connectivity index (χ0) is 17.6.